The molecule has 0 bridgehead atoms. The van der Waals surface area contributed by atoms with Crippen LogP contribution in [0.4, 0.5) is 0 Å². The molecule has 1 aromatic heterocycles. The fourth-order valence-electron chi connectivity index (χ4n) is 2.02. The molecule has 0 amide bonds. The van der Waals surface area contributed by atoms with Gasteiger partial charge in [0.2, 0.25) is 0 Å². The molecule has 0 spiro atoms. The summed E-state index contributed by atoms with van der Waals surface area (Å²) in [6.07, 6.45) is 1.16. The van der Waals surface area contributed by atoms with Crippen molar-refractivity contribution in [3.8, 4) is 5.75 Å². The summed E-state index contributed by atoms with van der Waals surface area (Å²) in [6.45, 7) is 3.77. The Hall–Kier alpha value is -1.70. The Balaban J connectivity index is 2.29. The van der Waals surface area contributed by atoms with E-state index in [0.29, 0.717) is 43.3 Å². The highest BCUT2D eigenvalue weighted by molar-refractivity contribution is 5.69. The second-order valence-corrected chi connectivity index (χ2v) is 5.16. The molecule has 2 N–H and O–H groups in total. The molecule has 0 radical (unpaired) electrons. The second-order valence-electron chi connectivity index (χ2n) is 5.16. The zero-order valence-corrected chi connectivity index (χ0v) is 13.8. The van der Waals surface area contributed by atoms with Crippen molar-refractivity contribution in [2.24, 2.45) is 0 Å². The molecule has 0 saturated heterocycles. The van der Waals surface area contributed by atoms with Crippen LogP contribution in [0.1, 0.15) is 31.2 Å². The first-order valence-corrected chi connectivity index (χ1v) is 7.77. The van der Waals surface area contributed by atoms with E-state index in [-0.39, 0.29) is 19.2 Å². The van der Waals surface area contributed by atoms with Crippen LogP contribution in [-0.4, -0.2) is 59.4 Å². The maximum absolute atomic E-state index is 11.2. The van der Waals surface area contributed by atoms with Gasteiger partial charge in [0.15, 0.2) is 0 Å². The van der Waals surface area contributed by atoms with Crippen molar-refractivity contribution in [2.45, 2.75) is 33.0 Å². The number of carbonyl (C=O) groups excluding carboxylic acids is 1. The Labute approximate surface area is 136 Å². The molecule has 0 aliphatic rings. The molecule has 7 heteroatoms. The van der Waals surface area contributed by atoms with Crippen molar-refractivity contribution in [2.75, 3.05) is 33.4 Å². The van der Waals surface area contributed by atoms with Crippen molar-refractivity contribution < 1.29 is 24.5 Å². The lowest BCUT2D eigenvalue weighted by Crippen LogP contribution is -2.26. The Morgan fingerprint density at radius 2 is 1.87 bits per heavy atom. The summed E-state index contributed by atoms with van der Waals surface area (Å²) in [7, 11) is 1.96. The Kier molecular flexibility index (Phi) is 9.20. The van der Waals surface area contributed by atoms with E-state index in [0.717, 1.165) is 13.0 Å². The summed E-state index contributed by atoms with van der Waals surface area (Å²) in [6, 6.07) is 3.31. The minimum absolute atomic E-state index is 0.165. The maximum atomic E-state index is 11.2. The summed E-state index contributed by atoms with van der Waals surface area (Å²) in [5.74, 6) is 0.412. The fraction of sp³-hybridized carbons (Fsp3) is 0.625. The number of ether oxygens (including phenoxy) is 2. The number of hydrogen-bond acceptors (Lipinski definition) is 7. The Bertz CT molecular complexity index is 459. The van der Waals surface area contributed by atoms with Gasteiger partial charge in [-0.3, -0.25) is 9.78 Å². The highest BCUT2D eigenvalue weighted by Gasteiger charge is 2.06. The number of likely N-dealkylation sites (N-methyl/N-ethyl adjacent to an activating group) is 1. The molecular weight excluding hydrogens is 300 g/mol. The lowest BCUT2D eigenvalue weighted by Gasteiger charge is -2.17. The third-order valence-electron chi connectivity index (χ3n) is 3.20. The van der Waals surface area contributed by atoms with Crippen LogP contribution in [0.5, 0.6) is 5.75 Å². The topological polar surface area (TPSA) is 92.1 Å². The molecule has 130 valence electrons. The average molecular weight is 326 g/mol. The summed E-state index contributed by atoms with van der Waals surface area (Å²) >= 11 is 0. The van der Waals surface area contributed by atoms with E-state index in [4.69, 9.17) is 19.7 Å². The Morgan fingerprint density at radius 1 is 1.22 bits per heavy atom. The van der Waals surface area contributed by atoms with Gasteiger partial charge in [-0.1, -0.05) is 0 Å². The van der Waals surface area contributed by atoms with Crippen LogP contribution in [0.15, 0.2) is 12.1 Å². The van der Waals surface area contributed by atoms with Crippen LogP contribution in [0.25, 0.3) is 0 Å². The van der Waals surface area contributed by atoms with Gasteiger partial charge in [0.05, 0.1) is 31.2 Å². The third-order valence-corrected chi connectivity index (χ3v) is 3.20. The fourth-order valence-corrected chi connectivity index (χ4v) is 2.02. The van der Waals surface area contributed by atoms with Gasteiger partial charge >= 0.3 is 5.97 Å². The van der Waals surface area contributed by atoms with Gasteiger partial charge in [0, 0.05) is 25.1 Å². The van der Waals surface area contributed by atoms with E-state index in [9.17, 15) is 4.79 Å². The molecule has 0 aromatic carbocycles. The van der Waals surface area contributed by atoms with Gasteiger partial charge in [-0.05, 0) is 26.9 Å². The number of aromatic nitrogens is 1. The van der Waals surface area contributed by atoms with Crippen LogP contribution >= 0.6 is 0 Å². The van der Waals surface area contributed by atoms with Gasteiger partial charge in [-0.25, -0.2) is 0 Å². The standard InChI is InChI=1S/C16H26N2O5/c1-3-22-16(21)5-4-6-18(2)7-8-23-15-9-13(11-19)17-14(10-15)12-20/h9-10,19-20H,3-8,11-12H2,1-2H3. The molecule has 0 aliphatic heterocycles. The predicted octanol–water partition coefficient (Wildman–Crippen LogP) is 0.720. The number of carbonyl (C=O) groups is 1. The normalized spacial score (nSPS) is 10.8. The molecule has 0 fully saturated rings. The number of esters is 1. The van der Waals surface area contributed by atoms with Crippen LogP contribution in [0.3, 0.4) is 0 Å². The smallest absolute Gasteiger partial charge is 0.305 e. The van der Waals surface area contributed by atoms with Gasteiger partial charge in [0.25, 0.3) is 0 Å². The molecular formula is C16H26N2O5. The second kappa shape index (κ2) is 10.9. The zero-order valence-electron chi connectivity index (χ0n) is 13.8. The van der Waals surface area contributed by atoms with E-state index in [1.807, 2.05) is 7.05 Å². The quantitative estimate of drug-likeness (QED) is 0.579. The molecule has 1 aromatic rings. The maximum Gasteiger partial charge on any atom is 0.305 e. The van der Waals surface area contributed by atoms with E-state index in [1.54, 1.807) is 19.1 Å². The van der Waals surface area contributed by atoms with Gasteiger partial charge in [0.1, 0.15) is 12.4 Å². The highest BCUT2D eigenvalue weighted by Crippen LogP contribution is 2.14. The van der Waals surface area contributed by atoms with Crippen LogP contribution < -0.4 is 4.74 Å². The van der Waals surface area contributed by atoms with Gasteiger partial charge < -0.3 is 24.6 Å². The van der Waals surface area contributed by atoms with Crippen molar-refractivity contribution >= 4 is 5.97 Å². The third kappa shape index (κ3) is 7.92. The number of aliphatic hydroxyl groups is 2. The van der Waals surface area contributed by atoms with Crippen molar-refractivity contribution in [1.29, 1.82) is 0 Å². The molecule has 0 atom stereocenters. The van der Waals surface area contributed by atoms with E-state index >= 15 is 0 Å². The largest absolute Gasteiger partial charge is 0.492 e. The Morgan fingerprint density at radius 3 is 2.43 bits per heavy atom. The van der Waals surface area contributed by atoms with Gasteiger partial charge in [-0.15, -0.1) is 0 Å². The molecule has 23 heavy (non-hydrogen) atoms. The number of pyridine rings is 1. The number of hydrogen-bond donors (Lipinski definition) is 2. The zero-order chi connectivity index (χ0) is 17.1. The summed E-state index contributed by atoms with van der Waals surface area (Å²) in [5, 5.41) is 18.3. The number of aliphatic hydroxyl groups excluding tert-OH is 2. The molecule has 1 heterocycles. The van der Waals surface area contributed by atoms with Crippen LogP contribution in [0.2, 0.25) is 0 Å². The van der Waals surface area contributed by atoms with Crippen LogP contribution in [-0.2, 0) is 22.7 Å². The first-order chi connectivity index (χ1) is 11.1. The number of rotatable bonds is 11. The summed E-state index contributed by atoms with van der Waals surface area (Å²) < 4.78 is 10.5. The monoisotopic (exact) mass is 326 g/mol. The minimum Gasteiger partial charge on any atom is -0.492 e. The van der Waals surface area contributed by atoms with Crippen LogP contribution in [0, 0.1) is 0 Å². The predicted molar refractivity (Wildman–Crippen MR) is 84.9 cm³/mol. The molecule has 0 saturated carbocycles. The highest BCUT2D eigenvalue weighted by atomic mass is 16.5. The average Bonchev–Trinajstić information content (AvgIpc) is 2.54. The van der Waals surface area contributed by atoms with Crippen molar-refractivity contribution in [1.82, 2.24) is 9.88 Å². The SMILES string of the molecule is CCOC(=O)CCCN(C)CCOc1cc(CO)nc(CO)c1. The summed E-state index contributed by atoms with van der Waals surface area (Å²) in [5.41, 5.74) is 0.934. The molecule has 0 aliphatic carbocycles. The molecule has 1 rings (SSSR count). The van der Waals surface area contributed by atoms with E-state index in [1.165, 1.54) is 0 Å². The molecule has 0 unspecified atom stereocenters. The number of nitrogens with zero attached hydrogens (tertiary/aromatic N) is 2. The van der Waals surface area contributed by atoms with Crippen molar-refractivity contribution in [3.05, 3.63) is 23.5 Å². The summed E-state index contributed by atoms with van der Waals surface area (Å²) in [4.78, 5) is 17.4. The molecule has 7 nitrogen and oxygen atoms in total. The lowest BCUT2D eigenvalue weighted by molar-refractivity contribution is -0.143. The van der Waals surface area contributed by atoms with Crippen molar-refractivity contribution in [3.63, 3.8) is 0 Å². The van der Waals surface area contributed by atoms with E-state index < -0.39 is 0 Å². The van der Waals surface area contributed by atoms with E-state index in [2.05, 4.69) is 9.88 Å². The first-order valence-electron chi connectivity index (χ1n) is 7.77. The lowest BCUT2D eigenvalue weighted by atomic mass is 10.3. The van der Waals surface area contributed by atoms with Gasteiger partial charge in [-0.2, -0.15) is 0 Å². The minimum atomic E-state index is -0.196. The first kappa shape index (κ1) is 19.3.